The fourth-order valence-electron chi connectivity index (χ4n) is 3.26. The maximum atomic E-state index is 13.2. The van der Waals surface area contributed by atoms with E-state index in [9.17, 15) is 13.6 Å². The van der Waals surface area contributed by atoms with Crippen molar-refractivity contribution >= 4 is 33.1 Å². The lowest BCUT2D eigenvalue weighted by atomic mass is 10.3. The normalized spacial score (nSPS) is 15.8. The molecule has 1 aromatic heterocycles. The smallest absolute Gasteiger partial charge is 0.238 e. The van der Waals surface area contributed by atoms with Gasteiger partial charge in [0.25, 0.3) is 0 Å². The van der Waals surface area contributed by atoms with E-state index in [1.54, 1.807) is 11.3 Å². The number of piperazine rings is 1. The van der Waals surface area contributed by atoms with Gasteiger partial charge in [0.1, 0.15) is 5.01 Å². The summed E-state index contributed by atoms with van der Waals surface area (Å²) in [6.45, 7) is 4.30. The minimum atomic E-state index is -0.971. The van der Waals surface area contributed by atoms with E-state index in [0.717, 1.165) is 55.4 Å². The summed E-state index contributed by atoms with van der Waals surface area (Å²) < 4.78 is 27.4. The highest BCUT2D eigenvalue weighted by molar-refractivity contribution is 7.18. The second-order valence-electron chi connectivity index (χ2n) is 6.80. The molecule has 1 amide bonds. The van der Waals surface area contributed by atoms with Gasteiger partial charge in [0.15, 0.2) is 11.6 Å². The van der Waals surface area contributed by atoms with E-state index in [4.69, 9.17) is 0 Å². The van der Waals surface area contributed by atoms with Gasteiger partial charge in [-0.1, -0.05) is 12.1 Å². The molecule has 1 aliphatic heterocycles. The predicted octanol–water partition coefficient (Wildman–Crippen LogP) is 3.33. The average Bonchev–Trinajstić information content (AvgIpc) is 3.08. The highest BCUT2D eigenvalue weighted by Crippen LogP contribution is 2.23. The Morgan fingerprint density at radius 3 is 2.54 bits per heavy atom. The zero-order valence-electron chi connectivity index (χ0n) is 15.2. The van der Waals surface area contributed by atoms with E-state index in [1.807, 2.05) is 18.2 Å². The Morgan fingerprint density at radius 2 is 1.79 bits per heavy atom. The van der Waals surface area contributed by atoms with Gasteiger partial charge < -0.3 is 5.32 Å². The molecule has 8 heteroatoms. The van der Waals surface area contributed by atoms with Crippen LogP contribution in [0.5, 0.6) is 0 Å². The Labute approximate surface area is 165 Å². The number of para-hydroxylation sites is 1. The second kappa shape index (κ2) is 8.30. The van der Waals surface area contributed by atoms with E-state index < -0.39 is 11.6 Å². The first-order valence-corrected chi connectivity index (χ1v) is 9.92. The third kappa shape index (κ3) is 4.52. The molecule has 1 N–H and O–H groups in total. The molecular weight excluding hydrogens is 382 g/mol. The third-order valence-electron chi connectivity index (χ3n) is 4.73. The van der Waals surface area contributed by atoms with E-state index in [0.29, 0.717) is 0 Å². The number of amides is 1. The molecule has 3 aromatic rings. The van der Waals surface area contributed by atoms with Crippen molar-refractivity contribution in [2.24, 2.45) is 0 Å². The van der Waals surface area contributed by atoms with Crippen LogP contribution < -0.4 is 5.32 Å². The van der Waals surface area contributed by atoms with Crippen molar-refractivity contribution in [1.82, 2.24) is 14.8 Å². The molecule has 5 nitrogen and oxygen atoms in total. The van der Waals surface area contributed by atoms with E-state index in [1.165, 1.54) is 10.8 Å². The largest absolute Gasteiger partial charge is 0.325 e. The molecule has 0 unspecified atom stereocenters. The number of nitrogens with zero attached hydrogens (tertiary/aromatic N) is 3. The first kappa shape index (κ1) is 18.9. The summed E-state index contributed by atoms with van der Waals surface area (Å²) in [5.74, 6) is -2.13. The van der Waals surface area contributed by atoms with Crippen LogP contribution in [0.25, 0.3) is 10.2 Å². The molecule has 0 radical (unpaired) electrons. The Bertz CT molecular complexity index is 952. The summed E-state index contributed by atoms with van der Waals surface area (Å²) in [5.41, 5.74) is 1.30. The molecule has 146 valence electrons. The van der Waals surface area contributed by atoms with Crippen LogP contribution in [-0.4, -0.2) is 53.4 Å². The van der Waals surface area contributed by atoms with Gasteiger partial charge in [-0.05, 0) is 24.3 Å². The third-order valence-corrected chi connectivity index (χ3v) is 5.75. The van der Waals surface area contributed by atoms with Gasteiger partial charge in [0.05, 0.1) is 23.3 Å². The summed E-state index contributed by atoms with van der Waals surface area (Å²) in [6.07, 6.45) is 0. The van der Waals surface area contributed by atoms with Gasteiger partial charge in [-0.3, -0.25) is 14.6 Å². The van der Waals surface area contributed by atoms with Crippen LogP contribution in [0, 0.1) is 11.6 Å². The van der Waals surface area contributed by atoms with Crippen LogP contribution in [0.4, 0.5) is 14.5 Å². The van der Waals surface area contributed by atoms with E-state index >= 15 is 0 Å². The number of benzene rings is 2. The number of fused-ring (bicyclic) bond motifs is 1. The summed E-state index contributed by atoms with van der Waals surface area (Å²) in [4.78, 5) is 21.2. The fourth-order valence-corrected chi connectivity index (χ4v) is 4.27. The number of carbonyl (C=O) groups excluding carboxylic acids is 1. The standard InChI is InChI=1S/C20H20F2N4OS/c21-15-6-5-14(11-16(15)22)23-19(27)12-25-7-9-26(10-8-25)13-20-24-17-3-1-2-4-18(17)28-20/h1-6,11H,7-10,12-13H2,(H,23,27). The van der Waals surface area contributed by atoms with Crippen molar-refractivity contribution in [1.29, 1.82) is 0 Å². The fraction of sp³-hybridized carbons (Fsp3) is 0.300. The van der Waals surface area contributed by atoms with Crippen molar-refractivity contribution in [3.8, 4) is 0 Å². The number of hydrogen-bond acceptors (Lipinski definition) is 5. The molecule has 1 fully saturated rings. The predicted molar refractivity (Wildman–Crippen MR) is 106 cm³/mol. The maximum absolute atomic E-state index is 13.2. The highest BCUT2D eigenvalue weighted by atomic mass is 32.1. The molecule has 0 atom stereocenters. The lowest BCUT2D eigenvalue weighted by molar-refractivity contribution is -0.117. The van der Waals surface area contributed by atoms with Crippen LogP contribution in [0.3, 0.4) is 0 Å². The minimum Gasteiger partial charge on any atom is -0.325 e. The molecule has 28 heavy (non-hydrogen) atoms. The molecule has 0 spiro atoms. The SMILES string of the molecule is O=C(CN1CCN(Cc2nc3ccccc3s2)CC1)Nc1ccc(F)c(F)c1. The molecule has 0 aliphatic carbocycles. The van der Waals surface area contributed by atoms with Gasteiger partial charge in [-0.15, -0.1) is 11.3 Å². The van der Waals surface area contributed by atoms with Crippen molar-refractivity contribution in [3.05, 3.63) is 59.1 Å². The van der Waals surface area contributed by atoms with Crippen LogP contribution in [0.2, 0.25) is 0 Å². The van der Waals surface area contributed by atoms with Crippen LogP contribution in [0.15, 0.2) is 42.5 Å². The Kier molecular flexibility index (Phi) is 5.61. The average molecular weight is 402 g/mol. The van der Waals surface area contributed by atoms with Crippen molar-refractivity contribution < 1.29 is 13.6 Å². The number of rotatable bonds is 5. The molecular formula is C20H20F2N4OS. The van der Waals surface area contributed by atoms with Crippen LogP contribution in [-0.2, 0) is 11.3 Å². The van der Waals surface area contributed by atoms with Crippen molar-refractivity contribution in [2.75, 3.05) is 38.0 Å². The maximum Gasteiger partial charge on any atom is 0.238 e. The topological polar surface area (TPSA) is 48.5 Å². The molecule has 1 aliphatic rings. The number of carbonyl (C=O) groups is 1. The van der Waals surface area contributed by atoms with Crippen molar-refractivity contribution in [2.45, 2.75) is 6.54 Å². The monoisotopic (exact) mass is 402 g/mol. The zero-order chi connectivity index (χ0) is 19.5. The number of hydrogen-bond donors (Lipinski definition) is 1. The molecule has 0 saturated carbocycles. The van der Waals surface area contributed by atoms with E-state index in [2.05, 4.69) is 26.2 Å². The molecule has 4 rings (SSSR count). The van der Waals surface area contributed by atoms with Gasteiger partial charge in [0.2, 0.25) is 5.91 Å². The lowest BCUT2D eigenvalue weighted by Gasteiger charge is -2.33. The number of nitrogens with one attached hydrogen (secondary N) is 1. The first-order chi connectivity index (χ1) is 13.6. The summed E-state index contributed by atoms with van der Waals surface area (Å²) in [6, 6.07) is 11.5. The van der Waals surface area contributed by atoms with Crippen molar-refractivity contribution in [3.63, 3.8) is 0 Å². The van der Waals surface area contributed by atoms with Gasteiger partial charge in [-0.2, -0.15) is 0 Å². The summed E-state index contributed by atoms with van der Waals surface area (Å²) in [7, 11) is 0. The first-order valence-electron chi connectivity index (χ1n) is 9.11. The van der Waals surface area contributed by atoms with Gasteiger partial charge in [0, 0.05) is 37.9 Å². The Morgan fingerprint density at radius 1 is 1.04 bits per heavy atom. The quantitative estimate of drug-likeness (QED) is 0.711. The molecule has 2 heterocycles. The number of thiazole rings is 1. The van der Waals surface area contributed by atoms with Gasteiger partial charge in [-0.25, -0.2) is 13.8 Å². The molecule has 0 bridgehead atoms. The summed E-state index contributed by atoms with van der Waals surface area (Å²) >= 11 is 1.72. The zero-order valence-corrected chi connectivity index (χ0v) is 16.0. The summed E-state index contributed by atoms with van der Waals surface area (Å²) in [5, 5.41) is 3.72. The molecule has 2 aromatic carbocycles. The Balaban J connectivity index is 1.25. The van der Waals surface area contributed by atoms with E-state index in [-0.39, 0.29) is 18.1 Å². The lowest BCUT2D eigenvalue weighted by Crippen LogP contribution is -2.48. The minimum absolute atomic E-state index is 0.230. The highest BCUT2D eigenvalue weighted by Gasteiger charge is 2.20. The Hall–Kier alpha value is -2.42. The van der Waals surface area contributed by atoms with Crippen LogP contribution >= 0.6 is 11.3 Å². The number of halogens is 2. The second-order valence-corrected chi connectivity index (χ2v) is 7.92. The number of aromatic nitrogens is 1. The molecule has 1 saturated heterocycles. The van der Waals surface area contributed by atoms with Crippen LogP contribution in [0.1, 0.15) is 5.01 Å². The van der Waals surface area contributed by atoms with Gasteiger partial charge >= 0.3 is 0 Å². The number of anilines is 1.